The molecular formula is C12H21F3N2O. The van der Waals surface area contributed by atoms with E-state index in [2.05, 4.69) is 5.32 Å². The van der Waals surface area contributed by atoms with Crippen molar-refractivity contribution in [2.24, 2.45) is 17.6 Å². The van der Waals surface area contributed by atoms with Gasteiger partial charge in [0.25, 0.3) is 0 Å². The van der Waals surface area contributed by atoms with Gasteiger partial charge < -0.3 is 11.1 Å². The number of carbonyl (C=O) groups excluding carboxylic acids is 1. The van der Waals surface area contributed by atoms with E-state index >= 15 is 0 Å². The molecule has 3 N–H and O–H groups in total. The summed E-state index contributed by atoms with van der Waals surface area (Å²) in [5.41, 5.74) is 5.55. The van der Waals surface area contributed by atoms with Gasteiger partial charge in [-0.25, -0.2) is 0 Å². The van der Waals surface area contributed by atoms with E-state index in [1.165, 1.54) is 0 Å². The van der Waals surface area contributed by atoms with Crippen molar-refractivity contribution < 1.29 is 18.0 Å². The molecule has 0 aromatic carbocycles. The van der Waals surface area contributed by atoms with Crippen LogP contribution in [0, 0.1) is 11.8 Å². The van der Waals surface area contributed by atoms with Crippen molar-refractivity contribution in [1.29, 1.82) is 0 Å². The van der Waals surface area contributed by atoms with E-state index in [0.29, 0.717) is 25.8 Å². The summed E-state index contributed by atoms with van der Waals surface area (Å²) in [7, 11) is 0. The lowest BCUT2D eigenvalue weighted by Gasteiger charge is -2.29. The first-order valence-corrected chi connectivity index (χ1v) is 6.40. The third-order valence-electron chi connectivity index (χ3n) is 3.46. The molecule has 0 aromatic heterocycles. The molecule has 0 spiro atoms. The van der Waals surface area contributed by atoms with Crippen molar-refractivity contribution >= 4 is 5.91 Å². The average Bonchev–Trinajstić information content (AvgIpc) is 2.27. The van der Waals surface area contributed by atoms with E-state index in [9.17, 15) is 18.0 Å². The minimum atomic E-state index is -4.11. The second-order valence-corrected chi connectivity index (χ2v) is 5.15. The fourth-order valence-electron chi connectivity index (χ4n) is 2.25. The first-order valence-electron chi connectivity index (χ1n) is 6.40. The Kier molecular flexibility index (Phi) is 5.44. The molecule has 3 nitrogen and oxygen atoms in total. The molecule has 1 amide bonds. The van der Waals surface area contributed by atoms with Crippen molar-refractivity contribution in [2.75, 3.05) is 6.54 Å². The molecule has 1 saturated carbocycles. The number of amides is 1. The highest BCUT2D eigenvalue weighted by Gasteiger charge is 2.42. The third kappa shape index (κ3) is 4.84. The normalized spacial score (nSPS) is 26.7. The number of hydrogen-bond acceptors (Lipinski definition) is 2. The topological polar surface area (TPSA) is 55.1 Å². The van der Waals surface area contributed by atoms with E-state index in [1.807, 2.05) is 6.92 Å². The van der Waals surface area contributed by atoms with Gasteiger partial charge in [0, 0.05) is 18.5 Å². The minimum absolute atomic E-state index is 0.0197. The summed E-state index contributed by atoms with van der Waals surface area (Å²) in [5, 5.41) is 2.74. The number of nitrogens with two attached hydrogens (primary N) is 1. The van der Waals surface area contributed by atoms with E-state index in [1.54, 1.807) is 0 Å². The molecule has 1 unspecified atom stereocenters. The standard InChI is InChI=1S/C12H21F3N2O/c1-8(16)6-7-17-11(18)9-2-4-10(5-3-9)12(13,14)15/h8-10H,2-7,16H2,1H3,(H,17,18). The molecule has 0 heterocycles. The summed E-state index contributed by atoms with van der Waals surface area (Å²) in [5.74, 6) is -1.63. The Balaban J connectivity index is 2.28. The first kappa shape index (κ1) is 15.3. The van der Waals surface area contributed by atoms with Crippen molar-refractivity contribution in [2.45, 2.75) is 51.2 Å². The Morgan fingerprint density at radius 3 is 2.33 bits per heavy atom. The van der Waals surface area contributed by atoms with Crippen LogP contribution in [0.1, 0.15) is 39.0 Å². The van der Waals surface area contributed by atoms with Gasteiger partial charge in [-0.2, -0.15) is 13.2 Å². The maximum Gasteiger partial charge on any atom is 0.391 e. The summed E-state index contributed by atoms with van der Waals surface area (Å²) in [6.07, 6.45) is -2.65. The molecular weight excluding hydrogens is 245 g/mol. The fourth-order valence-corrected chi connectivity index (χ4v) is 2.25. The molecule has 0 saturated heterocycles. The van der Waals surface area contributed by atoms with E-state index < -0.39 is 12.1 Å². The van der Waals surface area contributed by atoms with Crippen LogP contribution in [0.3, 0.4) is 0 Å². The summed E-state index contributed by atoms with van der Waals surface area (Å²) in [6.45, 7) is 2.34. The summed E-state index contributed by atoms with van der Waals surface area (Å²) in [6, 6.07) is 0.0197. The van der Waals surface area contributed by atoms with Gasteiger partial charge >= 0.3 is 6.18 Å². The molecule has 0 radical (unpaired) electrons. The smallest absolute Gasteiger partial charge is 0.356 e. The number of halogens is 3. The van der Waals surface area contributed by atoms with Crippen LogP contribution >= 0.6 is 0 Å². The zero-order valence-corrected chi connectivity index (χ0v) is 10.6. The van der Waals surface area contributed by atoms with Gasteiger partial charge in [-0.3, -0.25) is 4.79 Å². The average molecular weight is 266 g/mol. The number of carbonyl (C=O) groups is 1. The van der Waals surface area contributed by atoms with Gasteiger partial charge in [0.05, 0.1) is 5.92 Å². The maximum atomic E-state index is 12.4. The van der Waals surface area contributed by atoms with Crippen molar-refractivity contribution in [1.82, 2.24) is 5.32 Å². The van der Waals surface area contributed by atoms with Gasteiger partial charge in [-0.05, 0) is 39.0 Å². The second-order valence-electron chi connectivity index (χ2n) is 5.15. The van der Waals surface area contributed by atoms with Gasteiger partial charge in [0.15, 0.2) is 0 Å². The molecule has 1 aliphatic rings. The van der Waals surface area contributed by atoms with E-state index in [0.717, 1.165) is 0 Å². The molecule has 0 aliphatic heterocycles. The molecule has 18 heavy (non-hydrogen) atoms. The van der Waals surface area contributed by atoms with E-state index in [4.69, 9.17) is 5.73 Å². The van der Waals surface area contributed by atoms with Crippen molar-refractivity contribution in [3.8, 4) is 0 Å². The van der Waals surface area contributed by atoms with Crippen LogP contribution in [0.25, 0.3) is 0 Å². The quantitative estimate of drug-likeness (QED) is 0.819. The van der Waals surface area contributed by atoms with Crippen LogP contribution in [0.2, 0.25) is 0 Å². The Labute approximate surface area is 105 Å². The molecule has 1 atom stereocenters. The highest BCUT2D eigenvalue weighted by Crippen LogP contribution is 2.39. The number of rotatable bonds is 4. The first-order chi connectivity index (χ1) is 8.30. The molecule has 0 bridgehead atoms. The summed E-state index contributed by atoms with van der Waals surface area (Å²) >= 11 is 0. The summed E-state index contributed by atoms with van der Waals surface area (Å²) in [4.78, 5) is 11.7. The number of alkyl halides is 3. The second kappa shape index (κ2) is 6.41. The Bertz CT molecular complexity index is 271. The van der Waals surface area contributed by atoms with Gasteiger partial charge in [0.1, 0.15) is 0 Å². The molecule has 1 fully saturated rings. The monoisotopic (exact) mass is 266 g/mol. The molecule has 0 aromatic rings. The van der Waals surface area contributed by atoms with E-state index in [-0.39, 0.29) is 30.7 Å². The maximum absolute atomic E-state index is 12.4. The SMILES string of the molecule is CC(N)CCNC(=O)C1CCC(C(F)(F)F)CC1. The lowest BCUT2D eigenvalue weighted by Crippen LogP contribution is -2.37. The van der Waals surface area contributed by atoms with Crippen LogP contribution in [0.5, 0.6) is 0 Å². The zero-order chi connectivity index (χ0) is 13.8. The molecule has 6 heteroatoms. The van der Waals surface area contributed by atoms with Crippen LogP contribution in [0.15, 0.2) is 0 Å². The lowest BCUT2D eigenvalue weighted by molar-refractivity contribution is -0.184. The molecule has 1 aliphatic carbocycles. The molecule has 1 rings (SSSR count). The van der Waals surface area contributed by atoms with Crippen LogP contribution in [0.4, 0.5) is 13.2 Å². The van der Waals surface area contributed by atoms with Gasteiger partial charge in [0.2, 0.25) is 5.91 Å². The van der Waals surface area contributed by atoms with Crippen LogP contribution in [-0.2, 0) is 4.79 Å². The van der Waals surface area contributed by atoms with Gasteiger partial charge in [-0.1, -0.05) is 0 Å². The Morgan fingerprint density at radius 2 is 1.89 bits per heavy atom. The lowest BCUT2D eigenvalue weighted by atomic mass is 9.81. The summed E-state index contributed by atoms with van der Waals surface area (Å²) < 4.78 is 37.3. The fraction of sp³-hybridized carbons (Fsp3) is 0.917. The number of nitrogens with one attached hydrogen (secondary N) is 1. The van der Waals surface area contributed by atoms with Crippen molar-refractivity contribution in [3.63, 3.8) is 0 Å². The van der Waals surface area contributed by atoms with Crippen LogP contribution < -0.4 is 11.1 Å². The Morgan fingerprint density at radius 1 is 1.33 bits per heavy atom. The van der Waals surface area contributed by atoms with Gasteiger partial charge in [-0.15, -0.1) is 0 Å². The highest BCUT2D eigenvalue weighted by molar-refractivity contribution is 5.78. The highest BCUT2D eigenvalue weighted by atomic mass is 19.4. The van der Waals surface area contributed by atoms with Crippen LogP contribution in [-0.4, -0.2) is 24.7 Å². The third-order valence-corrected chi connectivity index (χ3v) is 3.46. The van der Waals surface area contributed by atoms with Crippen molar-refractivity contribution in [3.05, 3.63) is 0 Å². The molecule has 106 valence electrons. The zero-order valence-electron chi connectivity index (χ0n) is 10.6. The largest absolute Gasteiger partial charge is 0.391 e. The number of hydrogen-bond donors (Lipinski definition) is 2. The predicted molar refractivity (Wildman–Crippen MR) is 62.8 cm³/mol. The minimum Gasteiger partial charge on any atom is -0.356 e. The Hall–Kier alpha value is -0.780. The predicted octanol–water partition coefficient (Wildman–Crippen LogP) is 2.21.